The molecule has 4 radical (unpaired) electrons. The zero-order chi connectivity index (χ0) is 41.4. The van der Waals surface area contributed by atoms with Crippen molar-refractivity contribution in [2.75, 3.05) is 23.0 Å². The maximum Gasteiger partial charge on any atom is 0.397 e. The van der Waals surface area contributed by atoms with Gasteiger partial charge in [0.2, 0.25) is 17.2 Å². The summed E-state index contributed by atoms with van der Waals surface area (Å²) in [4.78, 5) is 8.77. The van der Waals surface area contributed by atoms with E-state index in [-0.39, 0.29) is 135 Å². The van der Waals surface area contributed by atoms with Crippen LogP contribution in [0.5, 0.6) is 5.75 Å². The van der Waals surface area contributed by atoms with Gasteiger partial charge >= 0.3 is 10.4 Å². The van der Waals surface area contributed by atoms with Crippen LogP contribution in [-0.2, 0) is 54.8 Å². The molecule has 5 rings (SSSR count). The van der Waals surface area contributed by atoms with Gasteiger partial charge in [-0.25, -0.2) is 12.6 Å². The van der Waals surface area contributed by atoms with Gasteiger partial charge in [-0.15, -0.1) is 10.2 Å². The molecule has 0 spiro atoms. The monoisotopic (exact) mass is 987 g/mol. The van der Waals surface area contributed by atoms with Crippen molar-refractivity contribution in [3.05, 3.63) is 72.0 Å². The Labute approximate surface area is 434 Å². The molecule has 1 aromatic heterocycles. The Balaban J connectivity index is 0.00000450. The average Bonchev–Trinajstić information content (AvgIpc) is 3.05. The van der Waals surface area contributed by atoms with E-state index < -0.39 is 122 Å². The van der Waals surface area contributed by atoms with Crippen LogP contribution in [0.25, 0.3) is 10.8 Å². The third kappa shape index (κ3) is 15.0. The van der Waals surface area contributed by atoms with Gasteiger partial charge in [0.1, 0.15) is 21.2 Å². The minimum Gasteiger partial charge on any atom is -0.505 e. The van der Waals surface area contributed by atoms with Crippen LogP contribution in [0.3, 0.4) is 0 Å². The van der Waals surface area contributed by atoms with Crippen LogP contribution in [0, 0.1) is 0 Å². The minimum atomic E-state index is -5.31. The molecular weight excluding hydrogens is 966 g/mol. The second kappa shape index (κ2) is 22.3. The van der Waals surface area contributed by atoms with Crippen LogP contribution in [0.1, 0.15) is 0 Å². The smallest absolute Gasteiger partial charge is 0.397 e. The van der Waals surface area contributed by atoms with E-state index in [1.54, 1.807) is 0 Å². The number of aromatic hydroxyl groups is 1. The summed E-state index contributed by atoms with van der Waals surface area (Å²) < 4.78 is 161. The normalized spacial score (nSPS) is 12.1. The number of fused-ring (bicyclic) bond motifs is 1. The number of sulfone groups is 1. The first-order valence-electron chi connectivity index (χ1n) is 14.5. The fourth-order valence-electron chi connectivity index (χ4n) is 4.69. The number of hydrogen-bond donors (Lipinski definition) is 7. The zero-order valence-electron chi connectivity index (χ0n) is 31.1. The van der Waals surface area contributed by atoms with Gasteiger partial charge in [0.15, 0.2) is 15.6 Å². The number of halogens is 1. The second-order valence-corrected chi connectivity index (χ2v) is 18.6. The van der Waals surface area contributed by atoms with Crippen LogP contribution < -0.4 is 10.6 Å². The van der Waals surface area contributed by atoms with Gasteiger partial charge in [0.05, 0.1) is 27.8 Å². The number of phenols is 1. The molecule has 0 aliphatic carbocycles. The first kappa shape index (κ1) is 57.0. The molecule has 302 valence electrons. The summed E-state index contributed by atoms with van der Waals surface area (Å²) in [5.41, 5.74) is -1.84. The average molecular weight is 988 g/mol. The third-order valence-electron chi connectivity index (χ3n) is 7.01. The van der Waals surface area contributed by atoms with E-state index in [1.165, 1.54) is 24.3 Å². The molecule has 1 heterocycles. The summed E-state index contributed by atoms with van der Waals surface area (Å²) >= 11 is 6.08. The number of aromatic nitrogens is 3. The van der Waals surface area contributed by atoms with Crippen molar-refractivity contribution in [2.24, 2.45) is 10.2 Å². The molecule has 60 heavy (non-hydrogen) atoms. The van der Waals surface area contributed by atoms with Gasteiger partial charge in [-0.1, -0.05) is 12.1 Å². The molecule has 0 unspecified atom stereocenters. The first-order valence-corrected chi connectivity index (χ1v) is 22.2. The fraction of sp³-hybridized carbons (Fsp3) is 0.0741. The molecule has 0 fully saturated rings. The van der Waals surface area contributed by atoms with Gasteiger partial charge in [-0.2, -0.15) is 48.6 Å². The van der Waals surface area contributed by atoms with Gasteiger partial charge in [0, 0.05) is 129 Å². The number of anilines is 4. The Bertz CT molecular complexity index is 3010. The molecule has 0 amide bonds. The predicted octanol–water partition coefficient (Wildman–Crippen LogP) is 2.10. The summed E-state index contributed by atoms with van der Waals surface area (Å²) in [6, 6.07) is 11.4. The van der Waals surface area contributed by atoms with E-state index in [0.29, 0.717) is 6.07 Å². The Hall–Kier alpha value is -1.01. The van der Waals surface area contributed by atoms with Gasteiger partial charge < -0.3 is 15.7 Å². The number of rotatable bonds is 14. The molecular formula is C27H22ClN7Na4O16S5. The van der Waals surface area contributed by atoms with E-state index in [9.17, 15) is 60.9 Å². The number of nitrogens with one attached hydrogen (secondary N) is 2. The number of azo groups is 1. The van der Waals surface area contributed by atoms with Crippen LogP contribution in [0.15, 0.2) is 96.5 Å². The quantitative estimate of drug-likeness (QED) is 0.0476. The summed E-state index contributed by atoms with van der Waals surface area (Å²) in [5, 5.41) is 22.5. The number of benzene rings is 4. The second-order valence-electron chi connectivity index (χ2n) is 10.8. The van der Waals surface area contributed by atoms with Crippen molar-refractivity contribution >= 4 is 226 Å². The molecule has 0 aliphatic heterocycles. The van der Waals surface area contributed by atoms with Crippen molar-refractivity contribution in [1.82, 2.24) is 15.0 Å². The fourth-order valence-corrected chi connectivity index (χ4v) is 8.16. The molecule has 0 atom stereocenters. The Kier molecular flexibility index (Phi) is 21.1. The molecule has 0 aliphatic rings. The Morgan fingerprint density at radius 3 is 1.77 bits per heavy atom. The predicted molar refractivity (Wildman–Crippen MR) is 216 cm³/mol. The van der Waals surface area contributed by atoms with E-state index in [0.717, 1.165) is 36.4 Å². The van der Waals surface area contributed by atoms with Gasteiger partial charge in [0.25, 0.3) is 30.4 Å². The van der Waals surface area contributed by atoms with E-state index in [2.05, 4.69) is 40.0 Å². The molecule has 7 N–H and O–H groups in total. The Morgan fingerprint density at radius 2 is 1.22 bits per heavy atom. The molecule has 4 aromatic carbocycles. The maximum absolute atomic E-state index is 12.5. The number of phenolic OH excluding ortho intramolecular Hbond substituents is 1. The molecule has 0 saturated heterocycles. The maximum atomic E-state index is 12.5. The molecule has 5 aromatic rings. The molecule has 33 heteroatoms. The summed E-state index contributed by atoms with van der Waals surface area (Å²) in [5.74, 6) is -2.71. The topological polar surface area (TPSA) is 369 Å². The summed E-state index contributed by atoms with van der Waals surface area (Å²) in [7, 11) is -24.2. The van der Waals surface area contributed by atoms with Crippen molar-refractivity contribution < 1.29 is 69.6 Å². The van der Waals surface area contributed by atoms with Crippen LogP contribution >= 0.6 is 11.6 Å². The Morgan fingerprint density at radius 1 is 0.650 bits per heavy atom. The van der Waals surface area contributed by atoms with E-state index in [4.69, 9.17) is 16.2 Å². The third-order valence-corrected chi connectivity index (χ3v) is 11.9. The van der Waals surface area contributed by atoms with Gasteiger partial charge in [-0.3, -0.25) is 18.2 Å². The molecule has 0 saturated carbocycles. The number of hydrogen-bond acceptors (Lipinski definition) is 19. The van der Waals surface area contributed by atoms with Crippen LogP contribution in [0.2, 0.25) is 5.28 Å². The first-order chi connectivity index (χ1) is 25.8. The van der Waals surface area contributed by atoms with Crippen molar-refractivity contribution in [2.45, 2.75) is 19.6 Å². The zero-order valence-corrected chi connectivity index (χ0v) is 44.0. The summed E-state index contributed by atoms with van der Waals surface area (Å²) in [6.45, 7) is -0.862. The standard InChI is InChI=1S/C27H22ClN7O16S5.4Na/c28-25-31-26(29-15-5-7-16(8-6-15)52(37,38)10-9-51-56(48,49)50)33-27(32-25)30-19-13-17(53(39,40)41)11-14-12-21(55(45,46)47)23(24(36)22(14)19)35-34-18-3-1-2-4-20(18)54(42,43)44;;;;/h1-8,11-13,36H,9-10H2,(H,39,40,41)(H,42,43,44)(H,45,46,47)(H,48,49,50)(H2,29,30,31,32,33);;;;. The van der Waals surface area contributed by atoms with Crippen LogP contribution in [-0.4, -0.2) is 211 Å². The number of nitrogens with zero attached hydrogens (tertiary/aromatic N) is 5. The molecule has 0 bridgehead atoms. The van der Waals surface area contributed by atoms with Gasteiger partial charge in [-0.05, 0) is 71.6 Å². The molecule has 23 nitrogen and oxygen atoms in total. The largest absolute Gasteiger partial charge is 0.505 e. The summed E-state index contributed by atoms with van der Waals surface area (Å²) in [6.07, 6.45) is 0. The van der Waals surface area contributed by atoms with Crippen molar-refractivity contribution in [3.63, 3.8) is 0 Å². The van der Waals surface area contributed by atoms with E-state index in [1.807, 2.05) is 0 Å². The van der Waals surface area contributed by atoms with Crippen LogP contribution in [0.4, 0.5) is 34.6 Å². The van der Waals surface area contributed by atoms with Crippen molar-refractivity contribution in [3.8, 4) is 5.75 Å². The van der Waals surface area contributed by atoms with Crippen molar-refractivity contribution in [1.29, 1.82) is 0 Å². The SMILES string of the molecule is O=S(=O)(O)OCCS(=O)(=O)c1ccc(Nc2nc(Cl)nc(Nc3cc(S(=O)(=O)O)cc4cc(S(=O)(=O)O)c(N=Nc5ccccc5S(=O)(=O)O)c(O)c34)n2)cc1.[Na].[Na].[Na].[Na]. The minimum absolute atomic E-state index is 0. The van der Waals surface area contributed by atoms with E-state index >= 15 is 0 Å².